The van der Waals surface area contributed by atoms with E-state index in [2.05, 4.69) is 40.2 Å². The van der Waals surface area contributed by atoms with E-state index >= 15 is 0 Å². The van der Waals surface area contributed by atoms with E-state index in [1.54, 1.807) is 0 Å². The fourth-order valence-corrected chi connectivity index (χ4v) is 3.33. The molecule has 0 amide bonds. The van der Waals surface area contributed by atoms with Crippen molar-refractivity contribution in [3.63, 3.8) is 0 Å². The standard InChI is InChI=1S/C14H22BrN3O/c1-3-11-14(15)12(18(4-2)17-11)8-13(19)10-6-5-7-16-9-10/h10,16H,3-9H2,1-2H3. The maximum absolute atomic E-state index is 12.4. The number of piperidine rings is 1. The molecule has 106 valence electrons. The summed E-state index contributed by atoms with van der Waals surface area (Å²) in [7, 11) is 0. The largest absolute Gasteiger partial charge is 0.316 e. The second-order valence-electron chi connectivity index (χ2n) is 5.06. The lowest BCUT2D eigenvalue weighted by atomic mass is 9.92. The number of aromatic nitrogens is 2. The maximum Gasteiger partial charge on any atom is 0.143 e. The van der Waals surface area contributed by atoms with Gasteiger partial charge in [0.15, 0.2) is 0 Å². The first-order valence-corrected chi connectivity index (χ1v) is 7.94. The van der Waals surface area contributed by atoms with Crippen LogP contribution in [-0.4, -0.2) is 28.7 Å². The lowest BCUT2D eigenvalue weighted by molar-refractivity contribution is -0.122. The number of hydrogen-bond acceptors (Lipinski definition) is 3. The average molecular weight is 328 g/mol. The molecule has 0 radical (unpaired) electrons. The van der Waals surface area contributed by atoms with Crippen LogP contribution in [0.4, 0.5) is 0 Å². The Morgan fingerprint density at radius 3 is 2.89 bits per heavy atom. The molecule has 1 unspecified atom stereocenters. The molecule has 0 saturated carbocycles. The molecule has 1 saturated heterocycles. The molecule has 1 aromatic heterocycles. The minimum atomic E-state index is 0.172. The maximum atomic E-state index is 12.4. The van der Waals surface area contributed by atoms with Gasteiger partial charge in [0.05, 0.1) is 15.9 Å². The van der Waals surface area contributed by atoms with Crippen LogP contribution in [0.5, 0.6) is 0 Å². The van der Waals surface area contributed by atoms with E-state index in [4.69, 9.17) is 0 Å². The van der Waals surface area contributed by atoms with Crippen LogP contribution in [0.15, 0.2) is 4.47 Å². The Hall–Kier alpha value is -0.680. The molecule has 0 spiro atoms. The van der Waals surface area contributed by atoms with Gasteiger partial charge in [-0.1, -0.05) is 6.92 Å². The number of nitrogens with one attached hydrogen (secondary N) is 1. The molecule has 19 heavy (non-hydrogen) atoms. The molecule has 1 aromatic rings. The summed E-state index contributed by atoms with van der Waals surface area (Å²) < 4.78 is 2.98. The Bertz CT molecular complexity index is 450. The van der Waals surface area contributed by atoms with Crippen LogP contribution in [0.3, 0.4) is 0 Å². The van der Waals surface area contributed by atoms with Crippen molar-refractivity contribution in [2.45, 2.75) is 46.1 Å². The van der Waals surface area contributed by atoms with Gasteiger partial charge in [-0.25, -0.2) is 0 Å². The summed E-state index contributed by atoms with van der Waals surface area (Å²) in [5.41, 5.74) is 2.08. The van der Waals surface area contributed by atoms with Crippen LogP contribution in [0.25, 0.3) is 0 Å². The van der Waals surface area contributed by atoms with E-state index < -0.39 is 0 Å². The second-order valence-corrected chi connectivity index (χ2v) is 5.86. The number of Topliss-reactive ketones (excluding diaryl/α,β-unsaturated/α-hetero) is 1. The number of carbonyl (C=O) groups excluding carboxylic acids is 1. The zero-order valence-corrected chi connectivity index (χ0v) is 13.3. The lowest BCUT2D eigenvalue weighted by Gasteiger charge is -2.21. The van der Waals surface area contributed by atoms with Crippen LogP contribution in [0.1, 0.15) is 38.1 Å². The Morgan fingerprint density at radius 2 is 2.32 bits per heavy atom. The predicted molar refractivity (Wildman–Crippen MR) is 79.3 cm³/mol. The van der Waals surface area contributed by atoms with Gasteiger partial charge in [0.1, 0.15) is 5.78 Å². The van der Waals surface area contributed by atoms with Gasteiger partial charge in [0, 0.05) is 25.4 Å². The van der Waals surface area contributed by atoms with Crippen LogP contribution >= 0.6 is 15.9 Å². The van der Waals surface area contributed by atoms with E-state index in [0.29, 0.717) is 12.2 Å². The lowest BCUT2D eigenvalue weighted by Crippen LogP contribution is -2.35. The van der Waals surface area contributed by atoms with E-state index in [1.165, 1.54) is 0 Å². The SMILES string of the molecule is CCc1nn(CC)c(CC(=O)C2CCCNC2)c1Br. The third kappa shape index (κ3) is 3.26. The summed E-state index contributed by atoms with van der Waals surface area (Å²) in [5.74, 6) is 0.510. The van der Waals surface area contributed by atoms with Crippen LogP contribution in [0.2, 0.25) is 0 Å². The molecule has 2 heterocycles. The van der Waals surface area contributed by atoms with E-state index in [-0.39, 0.29) is 5.92 Å². The molecule has 1 fully saturated rings. The molecule has 1 aliphatic heterocycles. The molecule has 1 atom stereocenters. The number of nitrogens with zero attached hydrogens (tertiary/aromatic N) is 2. The summed E-state index contributed by atoms with van der Waals surface area (Å²) in [6.07, 6.45) is 3.50. The fourth-order valence-electron chi connectivity index (χ4n) is 2.62. The molecule has 0 aliphatic carbocycles. The van der Waals surface area contributed by atoms with Gasteiger partial charge in [0.25, 0.3) is 0 Å². The van der Waals surface area contributed by atoms with Gasteiger partial charge >= 0.3 is 0 Å². The van der Waals surface area contributed by atoms with Crippen molar-refractivity contribution in [1.29, 1.82) is 0 Å². The summed E-state index contributed by atoms with van der Waals surface area (Å²) in [6, 6.07) is 0. The van der Waals surface area contributed by atoms with Crippen molar-refractivity contribution in [2.75, 3.05) is 13.1 Å². The quantitative estimate of drug-likeness (QED) is 0.902. The third-order valence-corrected chi connectivity index (χ3v) is 4.70. The first-order valence-electron chi connectivity index (χ1n) is 7.14. The molecular formula is C14H22BrN3O. The van der Waals surface area contributed by atoms with Crippen molar-refractivity contribution in [3.8, 4) is 0 Å². The molecular weight excluding hydrogens is 306 g/mol. The number of aryl methyl sites for hydroxylation is 2. The summed E-state index contributed by atoms with van der Waals surface area (Å²) in [4.78, 5) is 12.4. The molecule has 0 bridgehead atoms. The monoisotopic (exact) mass is 327 g/mol. The van der Waals surface area contributed by atoms with E-state index in [1.807, 2.05) is 4.68 Å². The van der Waals surface area contributed by atoms with E-state index in [9.17, 15) is 4.79 Å². The number of carbonyl (C=O) groups is 1. The zero-order chi connectivity index (χ0) is 13.8. The number of halogens is 1. The molecule has 1 N–H and O–H groups in total. The minimum Gasteiger partial charge on any atom is -0.316 e. The van der Waals surface area contributed by atoms with Gasteiger partial charge in [0.2, 0.25) is 0 Å². The van der Waals surface area contributed by atoms with E-state index in [0.717, 1.165) is 54.8 Å². The fraction of sp³-hybridized carbons (Fsp3) is 0.714. The molecule has 2 rings (SSSR count). The van der Waals surface area contributed by atoms with Gasteiger partial charge in [-0.15, -0.1) is 0 Å². The topological polar surface area (TPSA) is 46.9 Å². The Balaban J connectivity index is 2.13. The molecule has 0 aromatic carbocycles. The summed E-state index contributed by atoms with van der Waals surface area (Å²) in [6.45, 7) is 6.83. The predicted octanol–water partition coefficient (Wildman–Crippen LogP) is 2.34. The number of rotatable bonds is 5. The van der Waals surface area contributed by atoms with Crippen molar-refractivity contribution in [3.05, 3.63) is 15.9 Å². The van der Waals surface area contributed by atoms with Gasteiger partial charge in [-0.3, -0.25) is 9.48 Å². The van der Waals surface area contributed by atoms with Crippen LogP contribution < -0.4 is 5.32 Å². The summed E-state index contributed by atoms with van der Waals surface area (Å²) in [5, 5.41) is 7.85. The highest BCUT2D eigenvalue weighted by Crippen LogP contribution is 2.24. The van der Waals surface area contributed by atoms with Crippen LogP contribution in [0, 0.1) is 5.92 Å². The van der Waals surface area contributed by atoms with Crippen molar-refractivity contribution in [1.82, 2.24) is 15.1 Å². The highest BCUT2D eigenvalue weighted by molar-refractivity contribution is 9.10. The smallest absolute Gasteiger partial charge is 0.143 e. The van der Waals surface area contributed by atoms with Crippen LogP contribution in [-0.2, 0) is 24.2 Å². The van der Waals surface area contributed by atoms with Gasteiger partial charge in [-0.2, -0.15) is 5.10 Å². The van der Waals surface area contributed by atoms with Crippen molar-refractivity contribution in [2.24, 2.45) is 5.92 Å². The zero-order valence-electron chi connectivity index (χ0n) is 11.7. The minimum absolute atomic E-state index is 0.172. The Labute approximate surface area is 123 Å². The summed E-state index contributed by atoms with van der Waals surface area (Å²) >= 11 is 3.60. The molecule has 4 nitrogen and oxygen atoms in total. The average Bonchev–Trinajstić information content (AvgIpc) is 2.76. The highest BCUT2D eigenvalue weighted by Gasteiger charge is 2.24. The highest BCUT2D eigenvalue weighted by atomic mass is 79.9. The number of ketones is 1. The number of hydrogen-bond donors (Lipinski definition) is 1. The first-order chi connectivity index (χ1) is 9.17. The Kier molecular flexibility index (Phi) is 5.16. The molecule has 5 heteroatoms. The molecule has 1 aliphatic rings. The Morgan fingerprint density at radius 1 is 1.53 bits per heavy atom. The van der Waals surface area contributed by atoms with Gasteiger partial charge < -0.3 is 5.32 Å². The second kappa shape index (κ2) is 6.66. The normalized spacial score (nSPS) is 19.6. The van der Waals surface area contributed by atoms with Crippen molar-refractivity contribution >= 4 is 21.7 Å². The third-order valence-electron chi connectivity index (χ3n) is 3.79. The van der Waals surface area contributed by atoms with Crippen molar-refractivity contribution < 1.29 is 4.79 Å². The van der Waals surface area contributed by atoms with Gasteiger partial charge in [-0.05, 0) is 48.7 Å². The first kappa shape index (κ1) is 14.7.